The SMILES string of the molecule is CCCn1c(=O)n(CCC(=O)NCC2CCCN2CC)c2ccccc21. The molecule has 142 valence electrons. The van der Waals surface area contributed by atoms with Crippen LogP contribution in [0.2, 0.25) is 0 Å². The maximum absolute atomic E-state index is 12.7. The lowest BCUT2D eigenvalue weighted by Gasteiger charge is -2.22. The number of hydrogen-bond donors (Lipinski definition) is 1. The number of carbonyl (C=O) groups excluding carboxylic acids is 1. The number of fused-ring (bicyclic) bond motifs is 1. The minimum absolute atomic E-state index is 0.0196. The predicted octanol–water partition coefficient (Wildman–Crippen LogP) is 2.20. The van der Waals surface area contributed by atoms with Gasteiger partial charge < -0.3 is 5.32 Å². The molecule has 6 nitrogen and oxygen atoms in total. The maximum Gasteiger partial charge on any atom is 0.329 e. The molecule has 0 radical (unpaired) electrons. The van der Waals surface area contributed by atoms with Crippen molar-refractivity contribution in [1.82, 2.24) is 19.4 Å². The number of rotatable bonds is 8. The molecule has 1 fully saturated rings. The molecule has 1 amide bonds. The van der Waals surface area contributed by atoms with E-state index in [0.717, 1.165) is 37.0 Å². The molecule has 1 saturated heterocycles. The van der Waals surface area contributed by atoms with Crippen molar-refractivity contribution in [3.63, 3.8) is 0 Å². The highest BCUT2D eigenvalue weighted by molar-refractivity contribution is 5.78. The molecule has 6 heteroatoms. The summed E-state index contributed by atoms with van der Waals surface area (Å²) in [6, 6.07) is 8.28. The van der Waals surface area contributed by atoms with Crippen LogP contribution >= 0.6 is 0 Å². The van der Waals surface area contributed by atoms with Gasteiger partial charge in [-0.2, -0.15) is 0 Å². The number of para-hydroxylation sites is 2. The van der Waals surface area contributed by atoms with E-state index in [1.165, 1.54) is 6.42 Å². The molecule has 1 aromatic heterocycles. The second-order valence-corrected chi connectivity index (χ2v) is 7.05. The third-order valence-electron chi connectivity index (χ3n) is 5.37. The van der Waals surface area contributed by atoms with E-state index < -0.39 is 0 Å². The van der Waals surface area contributed by atoms with Gasteiger partial charge in [-0.3, -0.25) is 18.8 Å². The first-order chi connectivity index (χ1) is 12.7. The quantitative estimate of drug-likeness (QED) is 0.787. The normalized spacial score (nSPS) is 17.8. The Morgan fingerprint density at radius 3 is 2.50 bits per heavy atom. The number of benzene rings is 1. The number of amides is 1. The van der Waals surface area contributed by atoms with Crippen LogP contribution in [-0.2, 0) is 17.9 Å². The van der Waals surface area contributed by atoms with Gasteiger partial charge >= 0.3 is 5.69 Å². The van der Waals surface area contributed by atoms with Gasteiger partial charge in [0, 0.05) is 32.1 Å². The molecule has 1 aliphatic rings. The first-order valence-corrected chi connectivity index (χ1v) is 9.84. The topological polar surface area (TPSA) is 59.3 Å². The van der Waals surface area contributed by atoms with Crippen LogP contribution in [0.3, 0.4) is 0 Å². The molecule has 2 heterocycles. The van der Waals surface area contributed by atoms with E-state index >= 15 is 0 Å². The fraction of sp³-hybridized carbons (Fsp3) is 0.600. The van der Waals surface area contributed by atoms with Gasteiger partial charge in [0.25, 0.3) is 0 Å². The maximum atomic E-state index is 12.7. The monoisotopic (exact) mass is 358 g/mol. The molecule has 1 N–H and O–H groups in total. The van der Waals surface area contributed by atoms with Crippen molar-refractivity contribution in [1.29, 1.82) is 0 Å². The molecule has 1 unspecified atom stereocenters. The fourth-order valence-corrected chi connectivity index (χ4v) is 4.00. The lowest BCUT2D eigenvalue weighted by Crippen LogP contribution is -2.40. The van der Waals surface area contributed by atoms with Gasteiger partial charge in [0.15, 0.2) is 0 Å². The van der Waals surface area contributed by atoms with Crippen LogP contribution in [-0.4, -0.2) is 45.6 Å². The van der Waals surface area contributed by atoms with Crippen LogP contribution in [0.25, 0.3) is 11.0 Å². The van der Waals surface area contributed by atoms with E-state index in [1.807, 2.05) is 28.8 Å². The molecular weight excluding hydrogens is 328 g/mol. The predicted molar refractivity (Wildman–Crippen MR) is 104 cm³/mol. The molecule has 0 saturated carbocycles. The van der Waals surface area contributed by atoms with Crippen LogP contribution in [0.5, 0.6) is 0 Å². The fourth-order valence-electron chi connectivity index (χ4n) is 4.00. The number of hydrogen-bond acceptors (Lipinski definition) is 3. The van der Waals surface area contributed by atoms with E-state index in [-0.39, 0.29) is 11.6 Å². The zero-order chi connectivity index (χ0) is 18.5. The lowest BCUT2D eigenvalue weighted by atomic mass is 10.2. The average Bonchev–Trinajstić information content (AvgIpc) is 3.22. The molecule has 1 aliphatic heterocycles. The minimum Gasteiger partial charge on any atom is -0.354 e. The Kier molecular flexibility index (Phi) is 6.14. The van der Waals surface area contributed by atoms with E-state index in [4.69, 9.17) is 0 Å². The van der Waals surface area contributed by atoms with E-state index in [0.29, 0.717) is 32.1 Å². The molecular formula is C20H30N4O2. The van der Waals surface area contributed by atoms with Gasteiger partial charge in [0.2, 0.25) is 5.91 Å². The number of carbonyl (C=O) groups is 1. The van der Waals surface area contributed by atoms with E-state index in [1.54, 1.807) is 4.57 Å². The van der Waals surface area contributed by atoms with E-state index in [2.05, 4.69) is 24.1 Å². The molecule has 2 aromatic rings. The number of nitrogens with zero attached hydrogens (tertiary/aromatic N) is 3. The van der Waals surface area contributed by atoms with Crippen molar-refractivity contribution < 1.29 is 4.79 Å². The Balaban J connectivity index is 1.63. The van der Waals surface area contributed by atoms with Crippen LogP contribution in [0, 0.1) is 0 Å². The largest absolute Gasteiger partial charge is 0.354 e. The van der Waals surface area contributed by atoms with Crippen LogP contribution in [0.15, 0.2) is 29.1 Å². The third-order valence-corrected chi connectivity index (χ3v) is 5.37. The summed E-state index contributed by atoms with van der Waals surface area (Å²) < 4.78 is 3.55. The molecule has 0 spiro atoms. The van der Waals surface area contributed by atoms with Gasteiger partial charge in [-0.1, -0.05) is 26.0 Å². The molecule has 1 atom stereocenters. The number of nitrogens with one attached hydrogen (secondary N) is 1. The smallest absolute Gasteiger partial charge is 0.329 e. The lowest BCUT2D eigenvalue weighted by molar-refractivity contribution is -0.121. The van der Waals surface area contributed by atoms with Gasteiger partial charge in [-0.15, -0.1) is 0 Å². The first-order valence-electron chi connectivity index (χ1n) is 9.84. The average molecular weight is 358 g/mol. The summed E-state index contributed by atoms with van der Waals surface area (Å²) in [5.74, 6) is 0.0205. The Labute approximate surface area is 154 Å². The Hall–Kier alpha value is -2.08. The van der Waals surface area contributed by atoms with E-state index in [9.17, 15) is 9.59 Å². The highest BCUT2D eigenvalue weighted by atomic mass is 16.2. The zero-order valence-electron chi connectivity index (χ0n) is 15.9. The standard InChI is InChI=1S/C20H30N4O2/c1-3-12-23-17-9-5-6-10-18(17)24(20(23)26)14-11-19(25)21-15-16-8-7-13-22(16)4-2/h5-6,9-10,16H,3-4,7-8,11-15H2,1-2H3,(H,21,25). The summed E-state index contributed by atoms with van der Waals surface area (Å²) in [4.78, 5) is 27.4. The summed E-state index contributed by atoms with van der Waals surface area (Å²) in [6.45, 7) is 8.22. The number of imidazole rings is 1. The minimum atomic E-state index is -0.0196. The zero-order valence-corrected chi connectivity index (χ0v) is 15.9. The Morgan fingerprint density at radius 2 is 1.85 bits per heavy atom. The van der Waals surface area contributed by atoms with Gasteiger partial charge in [0.1, 0.15) is 0 Å². The molecule has 1 aromatic carbocycles. The number of likely N-dealkylation sites (N-methyl/N-ethyl adjacent to an activating group) is 1. The summed E-state index contributed by atoms with van der Waals surface area (Å²) in [6.07, 6.45) is 3.60. The highest BCUT2D eigenvalue weighted by Gasteiger charge is 2.23. The van der Waals surface area contributed by atoms with Crippen molar-refractivity contribution in [3.05, 3.63) is 34.7 Å². The number of likely N-dealkylation sites (tertiary alicyclic amines) is 1. The molecule has 3 rings (SSSR count). The van der Waals surface area contributed by atoms with Crippen molar-refractivity contribution in [2.75, 3.05) is 19.6 Å². The van der Waals surface area contributed by atoms with Gasteiger partial charge in [0.05, 0.1) is 11.0 Å². The Morgan fingerprint density at radius 1 is 1.15 bits per heavy atom. The van der Waals surface area contributed by atoms with Gasteiger partial charge in [-0.05, 0) is 44.5 Å². The van der Waals surface area contributed by atoms with Crippen molar-refractivity contribution in [2.45, 2.75) is 58.7 Å². The summed E-state index contributed by atoms with van der Waals surface area (Å²) >= 11 is 0. The first kappa shape index (κ1) is 18.7. The molecule has 0 bridgehead atoms. The molecule has 0 aliphatic carbocycles. The third kappa shape index (κ3) is 3.85. The van der Waals surface area contributed by atoms with Crippen LogP contribution < -0.4 is 11.0 Å². The van der Waals surface area contributed by atoms with Gasteiger partial charge in [-0.25, -0.2) is 4.79 Å². The summed E-state index contributed by atoms with van der Waals surface area (Å²) in [7, 11) is 0. The van der Waals surface area contributed by atoms with Crippen LogP contribution in [0.1, 0.15) is 39.5 Å². The Bertz CT molecular complexity index is 808. The second kappa shape index (κ2) is 8.54. The number of aryl methyl sites for hydroxylation is 2. The summed E-state index contributed by atoms with van der Waals surface area (Å²) in [5.41, 5.74) is 1.84. The summed E-state index contributed by atoms with van der Waals surface area (Å²) in [5, 5.41) is 3.06. The van der Waals surface area contributed by atoms with Crippen molar-refractivity contribution in [3.8, 4) is 0 Å². The second-order valence-electron chi connectivity index (χ2n) is 7.05. The van der Waals surface area contributed by atoms with Crippen molar-refractivity contribution in [2.24, 2.45) is 0 Å². The highest BCUT2D eigenvalue weighted by Crippen LogP contribution is 2.16. The molecule has 26 heavy (non-hydrogen) atoms. The van der Waals surface area contributed by atoms with Crippen molar-refractivity contribution >= 4 is 16.9 Å². The number of aromatic nitrogens is 2. The van der Waals surface area contributed by atoms with Crippen LogP contribution in [0.4, 0.5) is 0 Å².